The van der Waals surface area contributed by atoms with E-state index < -0.39 is 0 Å². The highest BCUT2D eigenvalue weighted by atomic mass is 15.3. The maximum atomic E-state index is 4.96. The summed E-state index contributed by atoms with van der Waals surface area (Å²) in [6.07, 6.45) is 6.80. The second-order valence-corrected chi connectivity index (χ2v) is 10.2. The number of hydrogen-bond donors (Lipinski definition) is 0. The summed E-state index contributed by atoms with van der Waals surface area (Å²) in [4.78, 5) is 7.16. The molecular formula is C29H27N5. The van der Waals surface area contributed by atoms with Crippen molar-refractivity contribution >= 4 is 11.5 Å². The molecule has 0 spiro atoms. The molecule has 1 aliphatic heterocycles. The highest BCUT2D eigenvalue weighted by molar-refractivity contribution is 5.85. The molecule has 0 N–H and O–H groups in total. The largest absolute Gasteiger partial charge is 0.322 e. The molecule has 0 unspecified atom stereocenters. The van der Waals surface area contributed by atoms with E-state index in [4.69, 9.17) is 4.98 Å². The predicted molar refractivity (Wildman–Crippen MR) is 135 cm³/mol. The van der Waals surface area contributed by atoms with Crippen LogP contribution in [0.2, 0.25) is 0 Å². The Hall–Kier alpha value is -3.73. The molecule has 7 rings (SSSR count). The fraction of sp³-hybridized carbons (Fsp3) is 0.276. The molecule has 2 saturated carbocycles. The average Bonchev–Trinajstić information content (AvgIpc) is 3.78. The van der Waals surface area contributed by atoms with Crippen molar-refractivity contribution in [1.29, 1.82) is 0 Å². The summed E-state index contributed by atoms with van der Waals surface area (Å²) in [6, 6.07) is 22.5. The van der Waals surface area contributed by atoms with Crippen LogP contribution >= 0.6 is 0 Å². The number of nitrogens with zero attached hydrogens (tertiary/aromatic N) is 5. The maximum Gasteiger partial charge on any atom is 0.182 e. The van der Waals surface area contributed by atoms with E-state index in [1.54, 1.807) is 0 Å². The summed E-state index contributed by atoms with van der Waals surface area (Å²) in [6.45, 7) is 7.57. The second-order valence-electron chi connectivity index (χ2n) is 10.2. The first kappa shape index (κ1) is 19.7. The Labute approximate surface area is 199 Å². The fourth-order valence-corrected chi connectivity index (χ4v) is 5.08. The molecular weight excluding hydrogens is 418 g/mol. The monoisotopic (exact) mass is 445 g/mol. The van der Waals surface area contributed by atoms with Gasteiger partial charge in [0.05, 0.1) is 6.54 Å². The van der Waals surface area contributed by atoms with Crippen LogP contribution in [0.15, 0.2) is 73.6 Å². The topological polar surface area (TPSA) is 46.8 Å². The van der Waals surface area contributed by atoms with Crippen molar-refractivity contribution in [2.75, 3.05) is 4.90 Å². The molecule has 0 radical (unpaired) electrons. The van der Waals surface area contributed by atoms with Crippen LogP contribution in [0.25, 0.3) is 28.3 Å². The van der Waals surface area contributed by atoms with E-state index in [1.807, 2.05) is 18.5 Å². The highest BCUT2D eigenvalue weighted by Gasteiger charge is 2.38. The van der Waals surface area contributed by atoms with Crippen LogP contribution in [-0.4, -0.2) is 19.7 Å². The molecule has 2 aliphatic carbocycles. The first-order valence-corrected chi connectivity index (χ1v) is 12.2. The van der Waals surface area contributed by atoms with Gasteiger partial charge in [-0.2, -0.15) is 0 Å². The molecule has 3 heterocycles. The Morgan fingerprint density at radius 1 is 0.971 bits per heavy atom. The predicted octanol–water partition coefficient (Wildman–Crippen LogP) is 6.38. The summed E-state index contributed by atoms with van der Waals surface area (Å²) in [7, 11) is 0. The normalized spacial score (nSPS) is 18.3. The standard InChI is InChI=1S/C29H27N5/c1-19-25-16-21(20-8-10-23(11-9-20)29(2)14-15-29)6-7-22(25)17-33(19)27-5-3-4-26(31-27)28-32-30-18-34(28)24-12-13-24/h3-11,16,18,24H,1,12-15,17H2,2H3. The summed E-state index contributed by atoms with van der Waals surface area (Å²) in [5.41, 5.74) is 8.67. The van der Waals surface area contributed by atoms with Crippen molar-refractivity contribution in [3.63, 3.8) is 0 Å². The molecule has 2 aromatic carbocycles. The Morgan fingerprint density at radius 2 is 1.76 bits per heavy atom. The van der Waals surface area contributed by atoms with Gasteiger partial charge in [0.2, 0.25) is 0 Å². The first-order chi connectivity index (χ1) is 16.6. The number of fused-ring (bicyclic) bond motifs is 1. The van der Waals surface area contributed by atoms with Crippen LogP contribution in [0.1, 0.15) is 55.3 Å². The fourth-order valence-electron chi connectivity index (χ4n) is 5.08. The van der Waals surface area contributed by atoms with Gasteiger partial charge < -0.3 is 9.47 Å². The Kier molecular flexibility index (Phi) is 4.14. The molecule has 3 aliphatic rings. The zero-order valence-electron chi connectivity index (χ0n) is 19.4. The van der Waals surface area contributed by atoms with Gasteiger partial charge in [-0.15, -0.1) is 10.2 Å². The Bertz CT molecular complexity index is 1420. The van der Waals surface area contributed by atoms with E-state index in [0.717, 1.165) is 29.6 Å². The molecule has 4 aromatic rings. The van der Waals surface area contributed by atoms with Gasteiger partial charge in [-0.25, -0.2) is 4.98 Å². The SMILES string of the molecule is C=C1c2cc(-c3ccc(C4(C)CC4)cc3)ccc2CN1c1cccc(-c2nncn2C2CC2)n1. The van der Waals surface area contributed by atoms with Gasteiger partial charge in [0.15, 0.2) is 5.82 Å². The molecule has 5 nitrogen and oxygen atoms in total. The summed E-state index contributed by atoms with van der Waals surface area (Å²) in [5, 5.41) is 8.49. The molecule has 0 atom stereocenters. The summed E-state index contributed by atoms with van der Waals surface area (Å²) in [5.74, 6) is 1.74. The first-order valence-electron chi connectivity index (χ1n) is 12.2. The molecule has 0 saturated heterocycles. The van der Waals surface area contributed by atoms with Crippen molar-refractivity contribution < 1.29 is 0 Å². The molecule has 2 aromatic heterocycles. The van der Waals surface area contributed by atoms with Crippen molar-refractivity contribution in [2.24, 2.45) is 0 Å². The Balaban J connectivity index is 1.17. The molecule has 168 valence electrons. The van der Waals surface area contributed by atoms with Crippen molar-refractivity contribution in [1.82, 2.24) is 19.7 Å². The number of pyridine rings is 1. The van der Waals surface area contributed by atoms with Crippen LogP contribution in [0.4, 0.5) is 5.82 Å². The summed E-state index contributed by atoms with van der Waals surface area (Å²) < 4.78 is 2.15. The quantitative estimate of drug-likeness (QED) is 0.357. The van der Waals surface area contributed by atoms with E-state index in [2.05, 4.69) is 81.7 Å². The third-order valence-corrected chi connectivity index (χ3v) is 7.74. The number of anilines is 1. The zero-order chi connectivity index (χ0) is 22.9. The van der Waals surface area contributed by atoms with Gasteiger partial charge in [-0.05, 0) is 71.6 Å². The van der Waals surface area contributed by atoms with E-state index in [-0.39, 0.29) is 0 Å². The lowest BCUT2D eigenvalue weighted by Gasteiger charge is -2.19. The Morgan fingerprint density at radius 3 is 2.53 bits per heavy atom. The van der Waals surface area contributed by atoms with E-state index in [0.29, 0.717) is 11.5 Å². The van der Waals surface area contributed by atoms with Gasteiger partial charge in [-0.3, -0.25) is 0 Å². The third kappa shape index (κ3) is 3.18. The van der Waals surface area contributed by atoms with Gasteiger partial charge in [-0.1, -0.05) is 56.0 Å². The number of benzene rings is 2. The molecule has 0 amide bonds. The van der Waals surface area contributed by atoms with Crippen molar-refractivity contribution in [3.05, 3.63) is 90.3 Å². The van der Waals surface area contributed by atoms with Crippen LogP contribution in [-0.2, 0) is 12.0 Å². The minimum atomic E-state index is 0.401. The minimum absolute atomic E-state index is 0.401. The van der Waals surface area contributed by atoms with E-state index >= 15 is 0 Å². The number of aromatic nitrogens is 4. The van der Waals surface area contributed by atoms with Crippen LogP contribution < -0.4 is 4.90 Å². The zero-order valence-corrected chi connectivity index (χ0v) is 19.4. The van der Waals surface area contributed by atoms with Gasteiger partial charge in [0.1, 0.15) is 17.8 Å². The lowest BCUT2D eigenvalue weighted by atomic mass is 9.94. The van der Waals surface area contributed by atoms with Crippen molar-refractivity contribution in [3.8, 4) is 22.6 Å². The van der Waals surface area contributed by atoms with Crippen LogP contribution in [0.5, 0.6) is 0 Å². The lowest BCUT2D eigenvalue weighted by molar-refractivity contribution is 0.743. The molecule has 2 fully saturated rings. The lowest BCUT2D eigenvalue weighted by Crippen LogP contribution is -2.15. The second kappa shape index (κ2) is 7.13. The number of rotatable bonds is 5. The maximum absolute atomic E-state index is 4.96. The van der Waals surface area contributed by atoms with Gasteiger partial charge in [0, 0.05) is 17.3 Å². The molecule has 5 heteroatoms. The third-order valence-electron chi connectivity index (χ3n) is 7.74. The van der Waals surface area contributed by atoms with E-state index in [1.165, 1.54) is 53.5 Å². The summed E-state index contributed by atoms with van der Waals surface area (Å²) >= 11 is 0. The van der Waals surface area contributed by atoms with E-state index in [9.17, 15) is 0 Å². The minimum Gasteiger partial charge on any atom is -0.322 e. The number of hydrogen-bond acceptors (Lipinski definition) is 4. The molecule has 0 bridgehead atoms. The van der Waals surface area contributed by atoms with Crippen molar-refractivity contribution in [2.45, 2.75) is 50.6 Å². The highest BCUT2D eigenvalue weighted by Crippen LogP contribution is 2.48. The molecule has 34 heavy (non-hydrogen) atoms. The smallest absolute Gasteiger partial charge is 0.182 e. The van der Waals surface area contributed by atoms with Crippen LogP contribution in [0.3, 0.4) is 0 Å². The van der Waals surface area contributed by atoms with Crippen LogP contribution in [0, 0.1) is 0 Å². The average molecular weight is 446 g/mol. The van der Waals surface area contributed by atoms with Gasteiger partial charge >= 0.3 is 0 Å². The van der Waals surface area contributed by atoms with Gasteiger partial charge in [0.25, 0.3) is 0 Å².